The van der Waals surface area contributed by atoms with Crippen LogP contribution in [0.4, 0.5) is 24.7 Å². The van der Waals surface area contributed by atoms with E-state index in [4.69, 9.17) is 0 Å². The minimum Gasteiger partial charge on any atom is -0.507 e. The van der Waals surface area contributed by atoms with Crippen molar-refractivity contribution in [3.63, 3.8) is 0 Å². The molecule has 2 aliphatic rings. The Kier molecular flexibility index (Phi) is 5.54. The number of rotatable bonds is 3. The second-order valence-corrected chi connectivity index (χ2v) is 10.2. The van der Waals surface area contributed by atoms with Crippen molar-refractivity contribution in [2.45, 2.75) is 38.1 Å². The van der Waals surface area contributed by atoms with Crippen molar-refractivity contribution in [2.75, 3.05) is 10.6 Å². The number of nitrogens with one attached hydrogen (secondary N) is 2. The first-order valence-electron chi connectivity index (χ1n) is 11.7. The van der Waals surface area contributed by atoms with E-state index in [1.54, 1.807) is 25.3 Å². The largest absolute Gasteiger partial charge is 0.573 e. The Labute approximate surface area is 219 Å². The monoisotopic (exact) mass is 538 g/mol. The molecule has 1 aromatic heterocycles. The molecule has 1 spiro atoms. The molecule has 39 heavy (non-hydrogen) atoms. The zero-order valence-electron chi connectivity index (χ0n) is 20.8. The third kappa shape index (κ3) is 3.80. The van der Waals surface area contributed by atoms with E-state index in [0.717, 1.165) is 12.1 Å². The molecule has 0 aliphatic carbocycles. The fourth-order valence-electron chi connectivity index (χ4n) is 5.36. The van der Waals surface area contributed by atoms with E-state index in [-0.39, 0.29) is 33.8 Å². The first-order valence-corrected chi connectivity index (χ1v) is 11.7. The van der Waals surface area contributed by atoms with E-state index in [1.807, 2.05) is 6.07 Å². The number of nitrogens with zero attached hydrogens (tertiary/aromatic N) is 2. The summed E-state index contributed by atoms with van der Waals surface area (Å²) < 4.78 is 45.0. The highest BCUT2D eigenvalue weighted by molar-refractivity contribution is 6.25. The molecule has 0 radical (unpaired) electrons. The highest BCUT2D eigenvalue weighted by Crippen LogP contribution is 2.56. The first-order chi connectivity index (χ1) is 18.2. The van der Waals surface area contributed by atoms with Gasteiger partial charge < -0.3 is 25.0 Å². The number of amides is 2. The van der Waals surface area contributed by atoms with Gasteiger partial charge in [-0.25, -0.2) is 0 Å². The summed E-state index contributed by atoms with van der Waals surface area (Å²) in [5.74, 6) is -5.79. The number of nitriles is 1. The lowest BCUT2D eigenvalue weighted by molar-refractivity contribution is -0.274. The maximum atomic E-state index is 14.0. The van der Waals surface area contributed by atoms with Gasteiger partial charge in [0.25, 0.3) is 0 Å². The number of Topliss-reactive ketones (excluding diaryl/α,β-unsaturated/α-hetero) is 1. The smallest absolute Gasteiger partial charge is 0.507 e. The summed E-state index contributed by atoms with van der Waals surface area (Å²) in [5, 5.41) is 25.7. The van der Waals surface area contributed by atoms with Gasteiger partial charge in [0.15, 0.2) is 5.78 Å². The van der Waals surface area contributed by atoms with Gasteiger partial charge in [0.2, 0.25) is 11.8 Å². The molecule has 9 nitrogen and oxygen atoms in total. The van der Waals surface area contributed by atoms with E-state index in [1.165, 1.54) is 36.5 Å². The fourth-order valence-corrected chi connectivity index (χ4v) is 5.36. The number of phenols is 1. The number of fused-ring (bicyclic) bond motifs is 4. The molecule has 5 rings (SSSR count). The molecule has 0 saturated carbocycles. The number of alkyl halides is 3. The molecule has 2 aromatic carbocycles. The number of ketones is 1. The molecule has 0 fully saturated rings. The number of para-hydroxylation sites is 1. The van der Waals surface area contributed by atoms with Crippen molar-refractivity contribution in [3.05, 3.63) is 70.9 Å². The van der Waals surface area contributed by atoms with Crippen LogP contribution in [0.15, 0.2) is 48.7 Å². The summed E-state index contributed by atoms with van der Waals surface area (Å²) in [4.78, 5) is 41.7. The normalized spacial score (nSPS) is 20.1. The van der Waals surface area contributed by atoms with Gasteiger partial charge in [-0.1, -0.05) is 12.1 Å². The summed E-state index contributed by atoms with van der Waals surface area (Å²) in [6, 6.07) is 10.5. The molecular weight excluding hydrogens is 517 g/mol. The lowest BCUT2D eigenvalue weighted by Crippen LogP contribution is -2.55. The highest BCUT2D eigenvalue weighted by Gasteiger charge is 2.64. The Morgan fingerprint density at radius 1 is 1.13 bits per heavy atom. The number of carbonyl (C=O) groups is 3. The zero-order valence-corrected chi connectivity index (χ0v) is 20.8. The van der Waals surface area contributed by atoms with Crippen molar-refractivity contribution < 1.29 is 37.4 Å². The SMILES string of the molecule is CC(C)(C)n1cc(C#N)c2c1NC(=O)[C@@H](C(=O)c1ccccc1O)[C@@]21C(=O)Nc2ccc(OC(F)(F)F)cc21. The van der Waals surface area contributed by atoms with Crippen LogP contribution in [0.1, 0.15) is 47.8 Å². The van der Waals surface area contributed by atoms with Crippen LogP contribution in [0, 0.1) is 17.2 Å². The van der Waals surface area contributed by atoms with Gasteiger partial charge in [-0.3, -0.25) is 14.4 Å². The molecule has 0 saturated heterocycles. The van der Waals surface area contributed by atoms with E-state index < -0.39 is 52.3 Å². The summed E-state index contributed by atoms with van der Waals surface area (Å²) in [6.07, 6.45) is -3.65. The van der Waals surface area contributed by atoms with Crippen LogP contribution in [0.5, 0.6) is 11.5 Å². The van der Waals surface area contributed by atoms with Crippen molar-refractivity contribution >= 4 is 29.1 Å². The van der Waals surface area contributed by atoms with Crippen LogP contribution in [0.3, 0.4) is 0 Å². The number of halogens is 3. The van der Waals surface area contributed by atoms with Crippen LogP contribution >= 0.6 is 0 Å². The Balaban J connectivity index is 1.89. The molecule has 3 heterocycles. The predicted octanol–water partition coefficient (Wildman–Crippen LogP) is 4.41. The van der Waals surface area contributed by atoms with Crippen LogP contribution in [0.25, 0.3) is 0 Å². The van der Waals surface area contributed by atoms with Crippen LogP contribution in [-0.4, -0.2) is 33.6 Å². The maximum absolute atomic E-state index is 14.0. The number of anilines is 2. The van der Waals surface area contributed by atoms with Crippen LogP contribution in [-0.2, 0) is 20.5 Å². The molecule has 3 N–H and O–H groups in total. The summed E-state index contributed by atoms with van der Waals surface area (Å²) in [6.45, 7) is 5.35. The van der Waals surface area contributed by atoms with E-state index in [9.17, 15) is 37.9 Å². The van der Waals surface area contributed by atoms with Crippen molar-refractivity contribution in [3.8, 4) is 17.6 Å². The van der Waals surface area contributed by atoms with Crippen molar-refractivity contribution in [1.82, 2.24) is 4.57 Å². The first kappa shape index (κ1) is 25.8. The highest BCUT2D eigenvalue weighted by atomic mass is 19.4. The minimum atomic E-state index is -5.06. The van der Waals surface area contributed by atoms with Gasteiger partial charge in [-0.15, -0.1) is 13.2 Å². The predicted molar refractivity (Wildman–Crippen MR) is 131 cm³/mol. The summed E-state index contributed by atoms with van der Waals surface area (Å²) in [5.41, 5.74) is -3.49. The number of aromatic hydroxyl groups is 1. The second-order valence-electron chi connectivity index (χ2n) is 10.2. The van der Waals surface area contributed by atoms with E-state index in [0.29, 0.717) is 0 Å². The third-order valence-corrected chi connectivity index (χ3v) is 6.87. The van der Waals surface area contributed by atoms with Crippen LogP contribution in [0.2, 0.25) is 0 Å². The summed E-state index contributed by atoms with van der Waals surface area (Å²) in [7, 11) is 0. The van der Waals surface area contributed by atoms with Crippen molar-refractivity contribution in [2.24, 2.45) is 5.92 Å². The molecular formula is C27H21F3N4O5. The number of phenolic OH excluding ortho intramolecular Hbond substituents is 1. The standard InChI is InChI=1S/C27H21F3N4O5/c1-25(2,3)34-12-13(11-31)19-22(34)33-23(37)20(21(36)15-6-4-5-7-18(15)35)26(19)16-10-14(39-27(28,29)30)8-9-17(16)32-24(26)38/h4-10,12,20,35H,1-3H3,(H,32,38)(H,33,37)/t20-,26+/m1/s1. The van der Waals surface area contributed by atoms with Gasteiger partial charge in [-0.05, 0) is 51.1 Å². The number of benzene rings is 2. The zero-order chi connectivity index (χ0) is 28.5. The molecule has 0 unspecified atom stereocenters. The molecule has 200 valence electrons. The molecule has 0 bridgehead atoms. The number of aromatic nitrogens is 1. The van der Waals surface area contributed by atoms with Crippen molar-refractivity contribution in [1.29, 1.82) is 5.26 Å². The molecule has 2 amide bonds. The Morgan fingerprint density at radius 2 is 1.82 bits per heavy atom. The van der Waals surface area contributed by atoms with Gasteiger partial charge in [-0.2, -0.15) is 5.26 Å². The Morgan fingerprint density at radius 3 is 2.44 bits per heavy atom. The lowest BCUT2D eigenvalue weighted by Gasteiger charge is -2.40. The quantitative estimate of drug-likeness (QED) is 0.334. The number of carbonyl (C=O) groups excluding carboxylic acids is 3. The Bertz CT molecular complexity index is 1610. The number of ether oxygens (including phenoxy) is 1. The average molecular weight is 538 g/mol. The lowest BCUT2D eigenvalue weighted by atomic mass is 9.61. The number of hydrogen-bond acceptors (Lipinski definition) is 6. The van der Waals surface area contributed by atoms with Crippen LogP contribution < -0.4 is 15.4 Å². The number of hydrogen-bond donors (Lipinski definition) is 3. The second kappa shape index (κ2) is 8.36. The molecule has 12 heteroatoms. The van der Waals surface area contributed by atoms with Gasteiger partial charge in [0.05, 0.1) is 11.1 Å². The maximum Gasteiger partial charge on any atom is 0.573 e. The van der Waals surface area contributed by atoms with E-state index in [2.05, 4.69) is 15.4 Å². The Hall–Kier alpha value is -4.79. The third-order valence-electron chi connectivity index (χ3n) is 6.87. The van der Waals surface area contributed by atoms with Gasteiger partial charge >= 0.3 is 6.36 Å². The minimum absolute atomic E-state index is 0.0395. The average Bonchev–Trinajstić information content (AvgIpc) is 3.34. The van der Waals surface area contributed by atoms with Gasteiger partial charge in [0, 0.05) is 28.6 Å². The fraction of sp³-hybridized carbons (Fsp3) is 0.259. The molecule has 2 atom stereocenters. The van der Waals surface area contributed by atoms with Gasteiger partial charge in [0.1, 0.15) is 34.7 Å². The van der Waals surface area contributed by atoms with E-state index >= 15 is 0 Å². The molecule has 2 aliphatic heterocycles. The topological polar surface area (TPSA) is 133 Å². The summed E-state index contributed by atoms with van der Waals surface area (Å²) >= 11 is 0. The molecule has 3 aromatic rings.